The van der Waals surface area contributed by atoms with E-state index in [-0.39, 0.29) is 0 Å². The van der Waals surface area contributed by atoms with Gasteiger partial charge in [0.05, 0.1) is 33.1 Å². The van der Waals surface area contributed by atoms with E-state index in [9.17, 15) is 0 Å². The molecule has 318 valence electrons. The zero-order chi connectivity index (χ0) is 44.7. The van der Waals surface area contributed by atoms with E-state index in [1.54, 1.807) is 0 Å². The second kappa shape index (κ2) is 15.2. The smallest absolute Gasteiger partial charge is 0.0541 e. The number of benzene rings is 10. The Labute approximate surface area is 393 Å². The Bertz CT molecular complexity index is 4050. The first-order valence-corrected chi connectivity index (χ1v) is 23.3. The summed E-state index contributed by atoms with van der Waals surface area (Å²) in [5.41, 5.74) is 18.9. The molecule has 0 amide bonds. The normalized spacial score (nSPS) is 11.8. The number of fused-ring (bicyclic) bond motifs is 8. The Hall–Kier alpha value is -9.12. The topological polar surface area (TPSA) is 19.7 Å². The summed E-state index contributed by atoms with van der Waals surface area (Å²) >= 11 is 0. The molecule has 14 aromatic rings. The average molecular weight is 867 g/mol. The molecule has 0 aliphatic carbocycles. The first kappa shape index (κ1) is 38.2. The molecule has 0 N–H and O–H groups in total. The molecule has 4 nitrogen and oxygen atoms in total. The molecule has 0 atom stereocenters. The van der Waals surface area contributed by atoms with Crippen LogP contribution in [-0.2, 0) is 0 Å². The molecule has 4 heterocycles. The van der Waals surface area contributed by atoms with Crippen LogP contribution in [-0.4, -0.2) is 18.3 Å². The third kappa shape index (κ3) is 5.94. The average Bonchev–Trinajstić information content (AvgIpc) is 4.17. The van der Waals surface area contributed by atoms with E-state index in [0.29, 0.717) is 0 Å². The van der Waals surface area contributed by atoms with Crippen molar-refractivity contribution >= 4 is 65.4 Å². The predicted octanol–water partition coefficient (Wildman–Crippen LogP) is 16.8. The monoisotopic (exact) mass is 866 g/mol. The second-order valence-electron chi connectivity index (χ2n) is 17.8. The van der Waals surface area contributed by atoms with Crippen LogP contribution in [0.2, 0.25) is 0 Å². The molecule has 0 radical (unpaired) electrons. The number of aromatic nitrogens is 4. The summed E-state index contributed by atoms with van der Waals surface area (Å²) in [7, 11) is 0. The number of para-hydroxylation sites is 6. The van der Waals surface area contributed by atoms with Crippen molar-refractivity contribution in [3.63, 3.8) is 0 Å². The van der Waals surface area contributed by atoms with Crippen LogP contribution in [0, 0.1) is 0 Å². The molecule has 14 rings (SSSR count). The van der Waals surface area contributed by atoms with Gasteiger partial charge in [0.2, 0.25) is 0 Å². The van der Waals surface area contributed by atoms with E-state index in [1.807, 2.05) is 0 Å². The SMILES string of the molecule is c1ccc(-n2cc(-c3ccc4c(c3)c3cc(-c5cn(-c6ccccc6)c6ccccc56)ccc3n4-c3ccc(-c4ccc5c(c4)c4ccccc4n5-c4ccccc4)cc3)c3ccccc32)cc1. The molecule has 0 aliphatic rings. The van der Waals surface area contributed by atoms with E-state index in [2.05, 4.69) is 273 Å². The Morgan fingerprint density at radius 2 is 0.544 bits per heavy atom. The van der Waals surface area contributed by atoms with Crippen molar-refractivity contribution in [2.45, 2.75) is 0 Å². The fourth-order valence-electron chi connectivity index (χ4n) is 10.9. The predicted molar refractivity (Wildman–Crippen MR) is 285 cm³/mol. The fourth-order valence-corrected chi connectivity index (χ4v) is 10.9. The van der Waals surface area contributed by atoms with Crippen molar-refractivity contribution in [2.24, 2.45) is 0 Å². The molecule has 0 spiro atoms. The summed E-state index contributed by atoms with van der Waals surface area (Å²) in [6, 6.07) is 88.3. The van der Waals surface area contributed by atoms with Crippen molar-refractivity contribution in [2.75, 3.05) is 0 Å². The molecule has 0 aliphatic heterocycles. The summed E-state index contributed by atoms with van der Waals surface area (Å²) in [4.78, 5) is 0. The maximum Gasteiger partial charge on any atom is 0.0541 e. The molecule has 0 saturated carbocycles. The molecule has 0 bridgehead atoms. The molecule has 0 unspecified atom stereocenters. The van der Waals surface area contributed by atoms with Crippen molar-refractivity contribution < 1.29 is 0 Å². The van der Waals surface area contributed by atoms with Crippen molar-refractivity contribution in [1.82, 2.24) is 18.3 Å². The van der Waals surface area contributed by atoms with Crippen LogP contribution >= 0.6 is 0 Å². The van der Waals surface area contributed by atoms with Gasteiger partial charge in [-0.25, -0.2) is 0 Å². The number of hydrogen-bond donors (Lipinski definition) is 0. The van der Waals surface area contributed by atoms with E-state index < -0.39 is 0 Å². The third-order valence-corrected chi connectivity index (χ3v) is 14.0. The molecule has 10 aromatic carbocycles. The van der Waals surface area contributed by atoms with Gasteiger partial charge in [0.1, 0.15) is 0 Å². The molecule has 0 fully saturated rings. The standard InChI is InChI=1S/C64H42N4/c1-4-16-47(17-5-1)65-41-57(52-23-10-13-25-59(52)65)45-31-36-63-55(39-45)56-40-46(58-42-66(48-18-6-2-7-19-48)60-26-14-11-24-53(58)60)32-37-64(56)68(63)50-33-28-43(29-34-50)44-30-35-62-54(38-44)51-22-12-15-27-61(51)67(62)49-20-8-3-9-21-49/h1-42H. The minimum atomic E-state index is 1.12. The largest absolute Gasteiger partial charge is 0.316 e. The molecule has 0 saturated heterocycles. The Morgan fingerprint density at radius 3 is 1.04 bits per heavy atom. The lowest BCUT2D eigenvalue weighted by molar-refractivity contribution is 1.13. The highest BCUT2D eigenvalue weighted by atomic mass is 15.0. The van der Waals surface area contributed by atoms with E-state index >= 15 is 0 Å². The van der Waals surface area contributed by atoms with Crippen LogP contribution in [0.4, 0.5) is 0 Å². The minimum absolute atomic E-state index is 1.12. The summed E-state index contributed by atoms with van der Waals surface area (Å²) in [6.07, 6.45) is 4.61. The van der Waals surface area contributed by atoms with Gasteiger partial charge in [-0.3, -0.25) is 0 Å². The van der Waals surface area contributed by atoms with Gasteiger partial charge in [-0.1, -0.05) is 140 Å². The summed E-state index contributed by atoms with van der Waals surface area (Å²) in [5, 5.41) is 7.39. The Kier molecular flexibility index (Phi) is 8.55. The van der Waals surface area contributed by atoms with E-state index in [4.69, 9.17) is 0 Å². The summed E-state index contributed by atoms with van der Waals surface area (Å²) in [6.45, 7) is 0. The lowest BCUT2D eigenvalue weighted by Crippen LogP contribution is -1.94. The van der Waals surface area contributed by atoms with Crippen molar-refractivity contribution in [3.05, 3.63) is 255 Å². The maximum absolute atomic E-state index is 2.44. The summed E-state index contributed by atoms with van der Waals surface area (Å²) < 4.78 is 9.46. The molecular weight excluding hydrogens is 825 g/mol. The number of hydrogen-bond acceptors (Lipinski definition) is 0. The third-order valence-electron chi connectivity index (χ3n) is 14.0. The van der Waals surface area contributed by atoms with Crippen LogP contribution < -0.4 is 0 Å². The quantitative estimate of drug-likeness (QED) is 0.152. The van der Waals surface area contributed by atoms with Gasteiger partial charge in [-0.2, -0.15) is 0 Å². The van der Waals surface area contributed by atoms with Gasteiger partial charge >= 0.3 is 0 Å². The van der Waals surface area contributed by atoms with Crippen LogP contribution in [0.15, 0.2) is 255 Å². The van der Waals surface area contributed by atoms with Gasteiger partial charge < -0.3 is 18.3 Å². The first-order chi connectivity index (χ1) is 33.7. The minimum Gasteiger partial charge on any atom is -0.316 e. The summed E-state index contributed by atoms with van der Waals surface area (Å²) in [5.74, 6) is 0. The second-order valence-corrected chi connectivity index (χ2v) is 17.8. The van der Waals surface area contributed by atoms with Crippen LogP contribution in [0.3, 0.4) is 0 Å². The Morgan fingerprint density at radius 1 is 0.206 bits per heavy atom. The molecule has 4 aromatic heterocycles. The zero-order valence-electron chi connectivity index (χ0n) is 37.0. The molecule has 68 heavy (non-hydrogen) atoms. The van der Waals surface area contributed by atoms with Crippen molar-refractivity contribution in [1.29, 1.82) is 0 Å². The van der Waals surface area contributed by atoms with Gasteiger partial charge in [0.25, 0.3) is 0 Å². The van der Waals surface area contributed by atoms with Gasteiger partial charge in [0.15, 0.2) is 0 Å². The number of nitrogens with zero attached hydrogens (tertiary/aromatic N) is 4. The fraction of sp³-hybridized carbons (Fsp3) is 0. The van der Waals surface area contributed by atoms with Crippen LogP contribution in [0.5, 0.6) is 0 Å². The Balaban J connectivity index is 0.939. The lowest BCUT2D eigenvalue weighted by atomic mass is 10.00. The van der Waals surface area contributed by atoms with Crippen LogP contribution in [0.1, 0.15) is 0 Å². The highest BCUT2D eigenvalue weighted by Gasteiger charge is 2.20. The van der Waals surface area contributed by atoms with Gasteiger partial charge in [0, 0.05) is 78.6 Å². The van der Waals surface area contributed by atoms with Gasteiger partial charge in [-0.05, 0) is 125 Å². The number of rotatable bonds is 7. The first-order valence-electron chi connectivity index (χ1n) is 23.3. The van der Waals surface area contributed by atoms with Gasteiger partial charge in [-0.15, -0.1) is 0 Å². The lowest BCUT2D eigenvalue weighted by Gasteiger charge is -2.11. The molecule has 4 heteroatoms. The zero-order valence-corrected chi connectivity index (χ0v) is 37.0. The van der Waals surface area contributed by atoms with E-state index in [1.165, 1.54) is 104 Å². The molecular formula is C64H42N4. The van der Waals surface area contributed by atoms with Crippen LogP contribution in [0.25, 0.3) is 122 Å². The van der Waals surface area contributed by atoms with E-state index in [0.717, 1.165) is 17.1 Å². The highest BCUT2D eigenvalue weighted by Crippen LogP contribution is 2.42. The maximum atomic E-state index is 2.44. The highest BCUT2D eigenvalue weighted by molar-refractivity contribution is 6.14. The van der Waals surface area contributed by atoms with Crippen molar-refractivity contribution in [3.8, 4) is 56.1 Å².